The summed E-state index contributed by atoms with van der Waals surface area (Å²) < 4.78 is 19.1. The van der Waals surface area contributed by atoms with Crippen LogP contribution in [0.25, 0.3) is 0 Å². The van der Waals surface area contributed by atoms with E-state index >= 15 is 0 Å². The van der Waals surface area contributed by atoms with E-state index in [9.17, 15) is 4.39 Å². The first-order valence-electron chi connectivity index (χ1n) is 6.97. The monoisotopic (exact) mass is 307 g/mol. The Morgan fingerprint density at radius 3 is 2.71 bits per heavy atom. The maximum Gasteiger partial charge on any atom is 0.124 e. The fourth-order valence-electron chi connectivity index (χ4n) is 2.04. The van der Waals surface area contributed by atoms with Gasteiger partial charge in [-0.1, -0.05) is 24.6 Å². The molecule has 0 saturated heterocycles. The molecule has 0 amide bonds. The maximum atomic E-state index is 13.3. The molecule has 0 saturated carbocycles. The number of aryl methyl sites for hydroxylation is 1. The van der Waals surface area contributed by atoms with Crippen LogP contribution in [0.1, 0.15) is 23.6 Å². The molecule has 0 fully saturated rings. The molecular formula is C17H19ClFNO. The molecule has 0 spiro atoms. The Labute approximate surface area is 129 Å². The third-order valence-corrected chi connectivity index (χ3v) is 3.52. The van der Waals surface area contributed by atoms with Gasteiger partial charge in [-0.05, 0) is 54.9 Å². The lowest BCUT2D eigenvalue weighted by Gasteiger charge is -2.13. The number of hydrogen-bond acceptors (Lipinski definition) is 2. The van der Waals surface area contributed by atoms with Crippen LogP contribution in [0.4, 0.5) is 4.39 Å². The molecule has 2 aromatic rings. The Kier molecular flexibility index (Phi) is 5.59. The van der Waals surface area contributed by atoms with Crippen molar-refractivity contribution in [3.63, 3.8) is 0 Å². The van der Waals surface area contributed by atoms with E-state index in [2.05, 4.69) is 5.32 Å². The zero-order valence-corrected chi connectivity index (χ0v) is 13.0. The molecule has 0 atom stereocenters. The van der Waals surface area contributed by atoms with E-state index in [1.54, 1.807) is 12.1 Å². The van der Waals surface area contributed by atoms with Gasteiger partial charge in [-0.25, -0.2) is 4.39 Å². The number of nitrogens with one attached hydrogen (secondary N) is 1. The minimum Gasteiger partial charge on any atom is -0.489 e. The summed E-state index contributed by atoms with van der Waals surface area (Å²) in [7, 11) is 0. The van der Waals surface area contributed by atoms with Crippen molar-refractivity contribution in [3.8, 4) is 5.75 Å². The predicted molar refractivity (Wildman–Crippen MR) is 84.3 cm³/mol. The van der Waals surface area contributed by atoms with E-state index in [-0.39, 0.29) is 5.82 Å². The van der Waals surface area contributed by atoms with Gasteiger partial charge in [0.05, 0.1) is 0 Å². The molecule has 0 aliphatic carbocycles. The molecule has 0 aliphatic heterocycles. The van der Waals surface area contributed by atoms with Crippen molar-refractivity contribution in [3.05, 3.63) is 63.9 Å². The first kappa shape index (κ1) is 15.8. The highest BCUT2D eigenvalue weighted by Gasteiger charge is 2.07. The summed E-state index contributed by atoms with van der Waals surface area (Å²) in [6.07, 6.45) is 0. The van der Waals surface area contributed by atoms with E-state index in [0.29, 0.717) is 18.2 Å². The largest absolute Gasteiger partial charge is 0.489 e. The Morgan fingerprint density at radius 1 is 1.14 bits per heavy atom. The highest BCUT2D eigenvalue weighted by Crippen LogP contribution is 2.24. The number of rotatable bonds is 6. The van der Waals surface area contributed by atoms with E-state index < -0.39 is 0 Å². The summed E-state index contributed by atoms with van der Waals surface area (Å²) in [5.74, 6) is 0.521. The van der Waals surface area contributed by atoms with Crippen molar-refractivity contribution < 1.29 is 9.13 Å². The molecule has 21 heavy (non-hydrogen) atoms. The van der Waals surface area contributed by atoms with Gasteiger partial charge in [0.1, 0.15) is 18.2 Å². The van der Waals surface area contributed by atoms with Gasteiger partial charge in [0.15, 0.2) is 0 Å². The van der Waals surface area contributed by atoms with Gasteiger partial charge in [0, 0.05) is 17.1 Å². The molecule has 4 heteroatoms. The number of benzene rings is 2. The first-order chi connectivity index (χ1) is 10.1. The van der Waals surface area contributed by atoms with Gasteiger partial charge >= 0.3 is 0 Å². The van der Waals surface area contributed by atoms with Gasteiger partial charge in [0.25, 0.3) is 0 Å². The van der Waals surface area contributed by atoms with Crippen molar-refractivity contribution in [1.82, 2.24) is 5.32 Å². The molecule has 0 radical (unpaired) electrons. The van der Waals surface area contributed by atoms with Crippen molar-refractivity contribution in [2.45, 2.75) is 27.0 Å². The number of ether oxygens (including phenoxy) is 1. The molecule has 0 bridgehead atoms. The SMILES string of the molecule is CCNCc1cc(Cl)ccc1OCc1cc(F)ccc1C. The normalized spacial score (nSPS) is 10.7. The third-order valence-electron chi connectivity index (χ3n) is 3.28. The van der Waals surface area contributed by atoms with Crippen LogP contribution in [-0.2, 0) is 13.2 Å². The fourth-order valence-corrected chi connectivity index (χ4v) is 2.23. The second-order valence-electron chi connectivity index (χ2n) is 4.89. The summed E-state index contributed by atoms with van der Waals surface area (Å²) in [6, 6.07) is 10.3. The van der Waals surface area contributed by atoms with Gasteiger partial charge in [-0.3, -0.25) is 0 Å². The third kappa shape index (κ3) is 4.45. The van der Waals surface area contributed by atoms with Crippen LogP contribution in [0.15, 0.2) is 36.4 Å². The minimum absolute atomic E-state index is 0.247. The first-order valence-corrected chi connectivity index (χ1v) is 7.35. The lowest BCUT2D eigenvalue weighted by atomic mass is 10.1. The Bertz CT molecular complexity index is 616. The minimum atomic E-state index is -0.247. The summed E-state index contributed by atoms with van der Waals surface area (Å²) in [4.78, 5) is 0. The van der Waals surface area contributed by atoms with Crippen LogP contribution in [0.3, 0.4) is 0 Å². The average molecular weight is 308 g/mol. The van der Waals surface area contributed by atoms with Crippen molar-refractivity contribution in [2.75, 3.05) is 6.54 Å². The standard InChI is InChI=1S/C17H19ClFNO/c1-3-20-10-13-8-15(18)5-7-17(13)21-11-14-9-16(19)6-4-12(14)2/h4-9,20H,3,10-11H2,1-2H3. The summed E-state index contributed by atoms with van der Waals surface area (Å²) in [6.45, 7) is 5.88. The highest BCUT2D eigenvalue weighted by atomic mass is 35.5. The lowest BCUT2D eigenvalue weighted by molar-refractivity contribution is 0.301. The Hall–Kier alpha value is -1.58. The summed E-state index contributed by atoms with van der Waals surface area (Å²) in [5.41, 5.74) is 2.86. The molecule has 0 aliphatic rings. The van der Waals surface area contributed by atoms with Gasteiger partial charge in [0.2, 0.25) is 0 Å². The van der Waals surface area contributed by atoms with Gasteiger partial charge < -0.3 is 10.1 Å². The molecule has 2 aromatic carbocycles. The maximum absolute atomic E-state index is 13.3. The average Bonchev–Trinajstić information content (AvgIpc) is 2.47. The van der Waals surface area contributed by atoms with E-state index in [4.69, 9.17) is 16.3 Å². The van der Waals surface area contributed by atoms with Gasteiger partial charge in [-0.2, -0.15) is 0 Å². The fraction of sp³-hybridized carbons (Fsp3) is 0.294. The second-order valence-corrected chi connectivity index (χ2v) is 5.33. The topological polar surface area (TPSA) is 21.3 Å². The quantitative estimate of drug-likeness (QED) is 0.850. The molecule has 0 unspecified atom stereocenters. The molecule has 112 valence electrons. The molecule has 0 aromatic heterocycles. The van der Waals surface area contributed by atoms with Crippen molar-refractivity contribution in [2.24, 2.45) is 0 Å². The van der Waals surface area contributed by atoms with Crippen LogP contribution in [0.5, 0.6) is 5.75 Å². The lowest BCUT2D eigenvalue weighted by Crippen LogP contribution is -2.13. The van der Waals surface area contributed by atoms with Crippen LogP contribution in [-0.4, -0.2) is 6.54 Å². The van der Waals surface area contributed by atoms with Crippen molar-refractivity contribution >= 4 is 11.6 Å². The second kappa shape index (κ2) is 7.43. The van der Waals surface area contributed by atoms with E-state index in [0.717, 1.165) is 29.0 Å². The highest BCUT2D eigenvalue weighted by molar-refractivity contribution is 6.30. The van der Waals surface area contributed by atoms with Crippen molar-refractivity contribution in [1.29, 1.82) is 0 Å². The summed E-state index contributed by atoms with van der Waals surface area (Å²) >= 11 is 6.03. The summed E-state index contributed by atoms with van der Waals surface area (Å²) in [5, 5.41) is 3.93. The van der Waals surface area contributed by atoms with Crippen LogP contribution < -0.4 is 10.1 Å². The van der Waals surface area contributed by atoms with Crippen LogP contribution in [0.2, 0.25) is 5.02 Å². The van der Waals surface area contributed by atoms with Crippen LogP contribution >= 0.6 is 11.6 Å². The number of hydrogen-bond donors (Lipinski definition) is 1. The smallest absolute Gasteiger partial charge is 0.124 e. The molecule has 2 nitrogen and oxygen atoms in total. The van der Waals surface area contributed by atoms with E-state index in [1.165, 1.54) is 12.1 Å². The van der Waals surface area contributed by atoms with Gasteiger partial charge in [-0.15, -0.1) is 0 Å². The zero-order valence-electron chi connectivity index (χ0n) is 12.2. The molecular weight excluding hydrogens is 289 g/mol. The molecule has 1 N–H and O–H groups in total. The Balaban J connectivity index is 2.13. The zero-order chi connectivity index (χ0) is 15.2. The van der Waals surface area contributed by atoms with Crippen LogP contribution in [0, 0.1) is 12.7 Å². The molecule has 2 rings (SSSR count). The predicted octanol–water partition coefficient (Wildman–Crippen LogP) is 4.48. The molecule has 0 heterocycles. The number of halogens is 2. The van der Waals surface area contributed by atoms with E-state index in [1.807, 2.05) is 26.0 Å². The Morgan fingerprint density at radius 2 is 1.95 bits per heavy atom.